The number of hydrogen-bond donors (Lipinski definition) is 0. The molecule has 0 fully saturated rings. The summed E-state index contributed by atoms with van der Waals surface area (Å²) >= 11 is 0. The van der Waals surface area contributed by atoms with E-state index in [0.29, 0.717) is 19.3 Å². The Morgan fingerprint density at radius 2 is 0.565 bits per heavy atom. The summed E-state index contributed by atoms with van der Waals surface area (Å²) in [5.41, 5.74) is 0. The number of ether oxygens (including phenoxy) is 3. The first-order valence-electron chi connectivity index (χ1n) is 28.0. The second-order valence-electron chi connectivity index (χ2n) is 18.1. The van der Waals surface area contributed by atoms with Gasteiger partial charge in [0.15, 0.2) is 6.10 Å². The van der Waals surface area contributed by atoms with Crippen molar-refractivity contribution in [2.24, 2.45) is 0 Å². The number of unbranched alkanes of at least 4 members (excludes halogenated alkanes) is 18. The van der Waals surface area contributed by atoms with Gasteiger partial charge >= 0.3 is 17.9 Å². The maximum Gasteiger partial charge on any atom is 0.306 e. The molecule has 0 rings (SSSR count). The molecule has 0 heterocycles. The van der Waals surface area contributed by atoms with Crippen molar-refractivity contribution in [2.45, 2.75) is 245 Å². The molecule has 1 unspecified atom stereocenters. The number of rotatable bonds is 49. The van der Waals surface area contributed by atoms with Crippen molar-refractivity contribution in [1.82, 2.24) is 0 Å². The van der Waals surface area contributed by atoms with E-state index in [0.717, 1.165) is 148 Å². The first-order chi connectivity index (χ1) is 34.0. The molecule has 0 aliphatic rings. The molecule has 0 saturated carbocycles. The monoisotopic (exact) mass is 955 g/mol. The molecule has 0 spiro atoms. The molecule has 69 heavy (non-hydrogen) atoms. The van der Waals surface area contributed by atoms with Crippen LogP contribution in [0.3, 0.4) is 0 Å². The van der Waals surface area contributed by atoms with E-state index in [1.165, 1.54) is 51.4 Å². The largest absolute Gasteiger partial charge is 0.462 e. The van der Waals surface area contributed by atoms with Gasteiger partial charge in [0.25, 0.3) is 0 Å². The summed E-state index contributed by atoms with van der Waals surface area (Å²) in [6, 6.07) is 0. The molecule has 0 aliphatic carbocycles. The molecule has 6 nitrogen and oxygen atoms in total. The van der Waals surface area contributed by atoms with E-state index >= 15 is 0 Å². The van der Waals surface area contributed by atoms with Crippen molar-refractivity contribution >= 4 is 17.9 Å². The summed E-state index contributed by atoms with van der Waals surface area (Å²) < 4.78 is 16.8. The fraction of sp³-hybridized carbons (Fsp3) is 0.635. The molecule has 0 aliphatic heterocycles. The maximum absolute atomic E-state index is 12.9. The van der Waals surface area contributed by atoms with Crippen molar-refractivity contribution in [3.63, 3.8) is 0 Å². The van der Waals surface area contributed by atoms with Gasteiger partial charge in [-0.2, -0.15) is 0 Å². The third-order valence-corrected chi connectivity index (χ3v) is 11.4. The van der Waals surface area contributed by atoms with E-state index in [1.54, 1.807) is 0 Å². The van der Waals surface area contributed by atoms with E-state index in [9.17, 15) is 14.4 Å². The Morgan fingerprint density at radius 3 is 0.913 bits per heavy atom. The highest BCUT2D eigenvalue weighted by Gasteiger charge is 2.19. The third-order valence-electron chi connectivity index (χ3n) is 11.4. The molecule has 6 heteroatoms. The van der Waals surface area contributed by atoms with Gasteiger partial charge in [0.1, 0.15) is 13.2 Å². The van der Waals surface area contributed by atoms with Crippen molar-refractivity contribution in [3.8, 4) is 0 Å². The van der Waals surface area contributed by atoms with Crippen molar-refractivity contribution in [3.05, 3.63) is 122 Å². The highest BCUT2D eigenvalue weighted by atomic mass is 16.6. The smallest absolute Gasteiger partial charge is 0.306 e. The van der Waals surface area contributed by atoms with Gasteiger partial charge in [-0.3, -0.25) is 14.4 Å². The van der Waals surface area contributed by atoms with Gasteiger partial charge in [-0.1, -0.05) is 213 Å². The zero-order chi connectivity index (χ0) is 50.0. The average Bonchev–Trinajstić information content (AvgIpc) is 3.35. The number of esters is 3. The number of carbonyl (C=O) groups is 3. The lowest BCUT2D eigenvalue weighted by Gasteiger charge is -2.18. The maximum atomic E-state index is 12.9. The Morgan fingerprint density at radius 1 is 0.304 bits per heavy atom. The predicted molar refractivity (Wildman–Crippen MR) is 297 cm³/mol. The second kappa shape index (κ2) is 56.4. The number of carbonyl (C=O) groups excluding carboxylic acids is 3. The average molecular weight is 956 g/mol. The fourth-order valence-corrected chi connectivity index (χ4v) is 7.28. The van der Waals surface area contributed by atoms with E-state index in [2.05, 4.69) is 142 Å². The van der Waals surface area contributed by atoms with Gasteiger partial charge in [-0.05, 0) is 128 Å². The van der Waals surface area contributed by atoms with Gasteiger partial charge in [0.2, 0.25) is 0 Å². The normalized spacial score (nSPS) is 13.0. The highest BCUT2D eigenvalue weighted by molar-refractivity contribution is 5.71. The number of hydrogen-bond acceptors (Lipinski definition) is 6. The molecule has 0 aromatic rings. The van der Waals surface area contributed by atoms with Crippen LogP contribution < -0.4 is 0 Å². The predicted octanol–water partition coefficient (Wildman–Crippen LogP) is 18.9. The molecule has 0 aromatic carbocycles. The zero-order valence-electron chi connectivity index (χ0n) is 44.5. The Bertz CT molecular complexity index is 1470. The van der Waals surface area contributed by atoms with Crippen LogP contribution in [-0.2, 0) is 28.6 Å². The third kappa shape index (κ3) is 54.6. The van der Waals surface area contributed by atoms with E-state index < -0.39 is 6.10 Å². The summed E-state index contributed by atoms with van der Waals surface area (Å²) in [4.78, 5) is 38.1. The molecule has 0 radical (unpaired) electrons. The molecule has 0 bridgehead atoms. The van der Waals surface area contributed by atoms with Gasteiger partial charge in [-0.15, -0.1) is 0 Å². The van der Waals surface area contributed by atoms with Crippen molar-refractivity contribution in [2.75, 3.05) is 13.2 Å². The van der Waals surface area contributed by atoms with E-state index in [1.807, 2.05) is 0 Å². The van der Waals surface area contributed by atoms with Gasteiger partial charge in [0, 0.05) is 19.3 Å². The first kappa shape index (κ1) is 64.8. The minimum Gasteiger partial charge on any atom is -0.462 e. The van der Waals surface area contributed by atoms with Gasteiger partial charge < -0.3 is 14.2 Å². The summed E-state index contributed by atoms with van der Waals surface area (Å²) in [5, 5.41) is 0. The molecule has 0 saturated heterocycles. The molecule has 390 valence electrons. The van der Waals surface area contributed by atoms with Crippen molar-refractivity contribution < 1.29 is 28.6 Å². The van der Waals surface area contributed by atoms with Gasteiger partial charge in [-0.25, -0.2) is 0 Å². The Hall–Kier alpha value is -4.19. The minimum absolute atomic E-state index is 0.106. The summed E-state index contributed by atoms with van der Waals surface area (Å²) in [7, 11) is 0. The quantitative estimate of drug-likeness (QED) is 0.0262. The lowest BCUT2D eigenvalue weighted by molar-refractivity contribution is -0.167. The van der Waals surface area contributed by atoms with Crippen LogP contribution in [-0.4, -0.2) is 37.2 Å². The second-order valence-corrected chi connectivity index (χ2v) is 18.1. The molecule has 0 amide bonds. The number of allylic oxidation sites excluding steroid dienone is 20. The molecular weight excluding hydrogens is 853 g/mol. The molecule has 0 N–H and O–H groups in total. The molecule has 0 aromatic heterocycles. The van der Waals surface area contributed by atoms with E-state index in [4.69, 9.17) is 14.2 Å². The lowest BCUT2D eigenvalue weighted by atomic mass is 10.1. The fourth-order valence-electron chi connectivity index (χ4n) is 7.28. The van der Waals surface area contributed by atoms with Crippen molar-refractivity contribution in [1.29, 1.82) is 0 Å². The molecular formula is C63H102O6. The van der Waals surface area contributed by atoms with Crippen LogP contribution in [0.15, 0.2) is 122 Å². The van der Waals surface area contributed by atoms with Gasteiger partial charge in [0.05, 0.1) is 0 Å². The van der Waals surface area contributed by atoms with Crippen LogP contribution in [0.25, 0.3) is 0 Å². The minimum atomic E-state index is -0.809. The Labute approximate surface area is 424 Å². The first-order valence-corrected chi connectivity index (χ1v) is 28.0. The van der Waals surface area contributed by atoms with Crippen LogP contribution in [0.4, 0.5) is 0 Å². The Balaban J connectivity index is 4.50. The van der Waals surface area contributed by atoms with Crippen LogP contribution in [0.1, 0.15) is 239 Å². The van der Waals surface area contributed by atoms with Crippen LogP contribution in [0.5, 0.6) is 0 Å². The summed E-state index contributed by atoms with van der Waals surface area (Å²) in [5.74, 6) is -0.971. The zero-order valence-corrected chi connectivity index (χ0v) is 44.5. The van der Waals surface area contributed by atoms with Crippen LogP contribution >= 0.6 is 0 Å². The summed E-state index contributed by atoms with van der Waals surface area (Å²) in [6.45, 7) is 6.34. The topological polar surface area (TPSA) is 78.9 Å². The van der Waals surface area contributed by atoms with E-state index in [-0.39, 0.29) is 31.1 Å². The Kier molecular flexibility index (Phi) is 53.0. The SMILES string of the molecule is CC/C=C\C/C=C\C/C=C\C/C=C\C/C=C\CCCCCC(=O)OCC(COC(=O)CCCCC/C=C\CCCCCCCC)OC(=O)CCCCCCCC/C=C\C/C=C\C/C=C\C/C=C\CC. The standard InChI is InChI=1S/C63H102O6/c1-4-7-10-13-16-19-22-25-27-29-31-33-35-38-41-44-47-50-53-56-62(65)68-59-60(58-67-61(64)55-52-49-46-43-40-37-24-21-18-15-12-9-6-3)69-63(66)57-54-51-48-45-42-39-36-34-32-30-28-26-23-20-17-14-11-8-5-2/h7-8,10-11,16-17,19-20,25-28,31-34,37-38,40-41,60H,4-6,9,12-15,18,21-24,29-30,35-36,39,42-59H2,1-3H3/b10-7-,11-8-,19-16-,20-17-,27-25-,28-26-,33-31-,34-32-,40-37-,41-38-. The summed E-state index contributed by atoms with van der Waals surface area (Å²) in [6.07, 6.45) is 77.5. The highest BCUT2D eigenvalue weighted by Crippen LogP contribution is 2.13. The lowest BCUT2D eigenvalue weighted by Crippen LogP contribution is -2.30. The van der Waals surface area contributed by atoms with Crippen LogP contribution in [0.2, 0.25) is 0 Å². The molecule has 1 atom stereocenters. The van der Waals surface area contributed by atoms with Crippen LogP contribution in [0, 0.1) is 0 Å².